The van der Waals surface area contributed by atoms with Crippen LogP contribution in [0.25, 0.3) is 0 Å². The van der Waals surface area contributed by atoms with Crippen LogP contribution in [0.3, 0.4) is 0 Å². The molecule has 4 aliphatic carbocycles. The fraction of sp³-hybridized carbons (Fsp3) is 1.00. The molecule has 6 N–H and O–H groups in total. The van der Waals surface area contributed by atoms with E-state index in [4.69, 9.17) is 36.1 Å². The Kier molecular flexibility index (Phi) is 14.1. The third-order valence-electron chi connectivity index (χ3n) is 12.8. The quantitative estimate of drug-likeness (QED) is 0.156. The van der Waals surface area contributed by atoms with Gasteiger partial charge in [0, 0.05) is 38.4 Å². The topological polar surface area (TPSA) is 115 Å². The molecule has 0 bridgehead atoms. The van der Waals surface area contributed by atoms with Crippen molar-refractivity contribution >= 4 is 0 Å². The standard InChI is InChI=1S/C36H69N3O4/c1-5-18-40-19-6-10-26(2)29-11-12-30-34-31(25-33(36(29,30)4)43-22-9-17-39)35(3)14-13-28(41-20-7-15-37)23-27(35)24-32(34)42-21-8-16-38/h26-34H,5-25,37-39H2,1-4H3/t26-,27+,28-,29-,30+,31+,32-,33+,34+,35+,36-/m1/s1. The average Bonchev–Trinajstić information content (AvgIpc) is 3.36. The smallest absolute Gasteiger partial charge is 0.0637 e. The number of rotatable bonds is 19. The predicted molar refractivity (Wildman–Crippen MR) is 176 cm³/mol. The van der Waals surface area contributed by atoms with Crippen LogP contribution in [0.4, 0.5) is 0 Å². The Bertz CT molecular complexity index is 802. The average molecular weight is 608 g/mol. The van der Waals surface area contributed by atoms with Crippen molar-refractivity contribution in [3.63, 3.8) is 0 Å². The van der Waals surface area contributed by atoms with E-state index in [0.29, 0.717) is 72.8 Å². The summed E-state index contributed by atoms with van der Waals surface area (Å²) in [5, 5.41) is 0. The summed E-state index contributed by atoms with van der Waals surface area (Å²) in [5.41, 5.74) is 18.1. The van der Waals surface area contributed by atoms with Crippen molar-refractivity contribution in [2.75, 3.05) is 52.7 Å². The lowest BCUT2D eigenvalue weighted by molar-refractivity contribution is -0.227. The Labute approximate surface area is 264 Å². The molecule has 0 unspecified atom stereocenters. The molecular formula is C36H69N3O4. The van der Waals surface area contributed by atoms with Crippen molar-refractivity contribution in [3.05, 3.63) is 0 Å². The van der Waals surface area contributed by atoms with Gasteiger partial charge in [-0.2, -0.15) is 0 Å². The van der Waals surface area contributed by atoms with E-state index in [1.165, 1.54) is 38.5 Å². The lowest BCUT2D eigenvalue weighted by atomic mass is 9.43. The van der Waals surface area contributed by atoms with E-state index in [0.717, 1.165) is 78.0 Å². The van der Waals surface area contributed by atoms with Crippen LogP contribution in [-0.2, 0) is 18.9 Å². The third kappa shape index (κ3) is 8.00. The van der Waals surface area contributed by atoms with Crippen LogP contribution >= 0.6 is 0 Å². The van der Waals surface area contributed by atoms with Crippen LogP contribution in [0.1, 0.15) is 111 Å². The fourth-order valence-electron chi connectivity index (χ4n) is 10.6. The molecule has 0 aromatic rings. The minimum absolute atomic E-state index is 0.167. The van der Waals surface area contributed by atoms with Crippen molar-refractivity contribution in [1.82, 2.24) is 0 Å². The van der Waals surface area contributed by atoms with Gasteiger partial charge >= 0.3 is 0 Å². The zero-order valence-electron chi connectivity index (χ0n) is 28.4. The highest BCUT2D eigenvalue weighted by molar-refractivity contribution is 5.15. The van der Waals surface area contributed by atoms with E-state index in [2.05, 4.69) is 27.7 Å². The Morgan fingerprint density at radius 1 is 0.744 bits per heavy atom. The van der Waals surface area contributed by atoms with Gasteiger partial charge in [0.25, 0.3) is 0 Å². The van der Waals surface area contributed by atoms with Crippen LogP contribution in [0.5, 0.6) is 0 Å². The summed E-state index contributed by atoms with van der Waals surface area (Å²) in [4.78, 5) is 0. The maximum absolute atomic E-state index is 6.97. The SMILES string of the molecule is CCCOCCC[C@@H](C)[C@H]1CC[C@H]2[C@@H]3[C@H](OCCCN)C[C@@H]4C[C@H](OCCCN)CC[C@]4(C)[C@H]3C[C@H](OCCCN)[C@]12C. The van der Waals surface area contributed by atoms with Crippen LogP contribution in [0.15, 0.2) is 0 Å². The lowest BCUT2D eigenvalue weighted by Crippen LogP contribution is -2.63. The first-order valence-corrected chi connectivity index (χ1v) is 18.4. The highest BCUT2D eigenvalue weighted by Crippen LogP contribution is 2.69. The minimum Gasteiger partial charge on any atom is -0.381 e. The molecule has 0 aromatic heterocycles. The molecule has 0 radical (unpaired) electrons. The normalized spacial score (nSPS) is 39.7. The van der Waals surface area contributed by atoms with Crippen LogP contribution in [-0.4, -0.2) is 71.0 Å². The zero-order chi connectivity index (χ0) is 30.9. The van der Waals surface area contributed by atoms with Crippen LogP contribution < -0.4 is 17.2 Å². The van der Waals surface area contributed by atoms with Gasteiger partial charge in [-0.25, -0.2) is 0 Å². The van der Waals surface area contributed by atoms with Gasteiger partial charge in [-0.3, -0.25) is 0 Å². The van der Waals surface area contributed by atoms with E-state index in [9.17, 15) is 0 Å². The first-order valence-electron chi connectivity index (χ1n) is 18.4. The lowest BCUT2D eigenvalue weighted by Gasteiger charge is -2.65. The molecule has 0 heterocycles. The molecule has 0 amide bonds. The third-order valence-corrected chi connectivity index (χ3v) is 12.8. The summed E-state index contributed by atoms with van der Waals surface area (Å²) in [5.74, 6) is 3.82. The molecule has 11 atom stereocenters. The summed E-state index contributed by atoms with van der Waals surface area (Å²) < 4.78 is 26.1. The Balaban J connectivity index is 1.59. The first kappa shape index (κ1) is 35.6. The maximum Gasteiger partial charge on any atom is 0.0637 e. The van der Waals surface area contributed by atoms with Crippen molar-refractivity contribution in [3.8, 4) is 0 Å². The number of hydrogen-bond acceptors (Lipinski definition) is 7. The Hall–Kier alpha value is -0.280. The molecule has 252 valence electrons. The second kappa shape index (κ2) is 17.0. The second-order valence-electron chi connectivity index (χ2n) is 15.2. The molecule has 4 fully saturated rings. The van der Waals surface area contributed by atoms with Gasteiger partial charge in [-0.1, -0.05) is 27.7 Å². The highest BCUT2D eigenvalue weighted by Gasteiger charge is 2.66. The van der Waals surface area contributed by atoms with E-state index in [-0.39, 0.29) is 11.5 Å². The summed E-state index contributed by atoms with van der Waals surface area (Å²) in [6.07, 6.45) is 15.8. The summed E-state index contributed by atoms with van der Waals surface area (Å²) >= 11 is 0. The maximum atomic E-state index is 6.97. The van der Waals surface area contributed by atoms with E-state index in [1.54, 1.807) is 0 Å². The largest absolute Gasteiger partial charge is 0.381 e. The molecule has 4 saturated carbocycles. The fourth-order valence-corrected chi connectivity index (χ4v) is 10.6. The minimum atomic E-state index is 0.167. The van der Waals surface area contributed by atoms with Gasteiger partial charge < -0.3 is 36.1 Å². The van der Waals surface area contributed by atoms with Gasteiger partial charge in [-0.15, -0.1) is 0 Å². The Morgan fingerprint density at radius 3 is 2.14 bits per heavy atom. The number of fused-ring (bicyclic) bond motifs is 5. The van der Waals surface area contributed by atoms with Gasteiger partial charge in [0.05, 0.1) is 18.3 Å². The van der Waals surface area contributed by atoms with E-state index in [1.807, 2.05) is 0 Å². The molecule has 0 saturated heterocycles. The zero-order valence-corrected chi connectivity index (χ0v) is 28.4. The van der Waals surface area contributed by atoms with E-state index < -0.39 is 0 Å². The molecule has 4 rings (SSSR count). The molecule has 7 nitrogen and oxygen atoms in total. The Morgan fingerprint density at radius 2 is 1.44 bits per heavy atom. The monoisotopic (exact) mass is 608 g/mol. The van der Waals surface area contributed by atoms with Crippen LogP contribution in [0, 0.1) is 46.3 Å². The van der Waals surface area contributed by atoms with Gasteiger partial charge in [-0.05, 0) is 144 Å². The van der Waals surface area contributed by atoms with Gasteiger partial charge in [0.1, 0.15) is 0 Å². The predicted octanol–water partition coefficient (Wildman–Crippen LogP) is 5.91. The molecular weight excluding hydrogens is 538 g/mol. The van der Waals surface area contributed by atoms with Crippen molar-refractivity contribution in [2.45, 2.75) is 129 Å². The molecule has 4 aliphatic rings. The van der Waals surface area contributed by atoms with Crippen LogP contribution in [0.2, 0.25) is 0 Å². The molecule has 0 aliphatic heterocycles. The number of ether oxygens (including phenoxy) is 4. The van der Waals surface area contributed by atoms with Crippen molar-refractivity contribution < 1.29 is 18.9 Å². The second-order valence-corrected chi connectivity index (χ2v) is 15.2. The number of hydrogen-bond donors (Lipinski definition) is 3. The summed E-state index contributed by atoms with van der Waals surface area (Å²) in [7, 11) is 0. The molecule has 7 heteroatoms. The first-order chi connectivity index (χ1) is 20.8. The van der Waals surface area contributed by atoms with Crippen molar-refractivity contribution in [2.24, 2.45) is 63.5 Å². The summed E-state index contributed by atoms with van der Waals surface area (Å²) in [6, 6.07) is 0. The number of nitrogens with two attached hydrogens (primary N) is 3. The summed E-state index contributed by atoms with van der Waals surface area (Å²) in [6.45, 7) is 16.2. The molecule has 43 heavy (non-hydrogen) atoms. The van der Waals surface area contributed by atoms with Crippen molar-refractivity contribution in [1.29, 1.82) is 0 Å². The van der Waals surface area contributed by atoms with Gasteiger partial charge in [0.15, 0.2) is 0 Å². The highest BCUT2D eigenvalue weighted by atomic mass is 16.5. The van der Waals surface area contributed by atoms with Gasteiger partial charge in [0.2, 0.25) is 0 Å². The molecule has 0 aromatic carbocycles. The molecule has 0 spiro atoms. The van der Waals surface area contributed by atoms with E-state index >= 15 is 0 Å².